The molecule has 0 bridgehead atoms. The van der Waals surface area contributed by atoms with Gasteiger partial charge in [-0.25, -0.2) is 24.5 Å². The summed E-state index contributed by atoms with van der Waals surface area (Å²) in [5.74, 6) is 0.112. The Hall–Kier alpha value is -8.61. The van der Waals surface area contributed by atoms with Gasteiger partial charge in [0.2, 0.25) is 5.88 Å². The number of pyridine rings is 2. The molecule has 8 rings (SSSR count). The van der Waals surface area contributed by atoms with E-state index in [2.05, 4.69) is 146 Å². The van der Waals surface area contributed by atoms with E-state index in [9.17, 15) is 14.3 Å². The molecule has 0 radical (unpaired) electrons. The Balaban J connectivity index is 0.000000212. The summed E-state index contributed by atoms with van der Waals surface area (Å²) < 4.78 is 33.8. The number of hydrogen-bond acceptors (Lipinski definition) is 13. The number of nitrogens with zero attached hydrogens (tertiary/aromatic N) is 4. The van der Waals surface area contributed by atoms with Crippen molar-refractivity contribution in [3.8, 4) is 22.9 Å². The number of nitrogens with one attached hydrogen (secondary N) is 2. The molecule has 70 heavy (non-hydrogen) atoms. The molecule has 0 aliphatic heterocycles. The summed E-state index contributed by atoms with van der Waals surface area (Å²) in [7, 11) is 3.76. The molecular weight excluding hydrogens is 1030 g/mol. The van der Waals surface area contributed by atoms with Crippen molar-refractivity contribution >= 4 is 112 Å². The van der Waals surface area contributed by atoms with Crippen LogP contribution in [0.4, 0.5) is 0 Å². The van der Waals surface area contributed by atoms with Gasteiger partial charge in [-0.3, -0.25) is 0 Å². The second-order valence-electron chi connectivity index (χ2n) is 12.6. The number of rotatable bonds is 8. The fraction of sp³-hybridized carbons (Fsp3) is 0.132. The number of thiazole rings is 2. The predicted octanol–water partition coefficient (Wildman–Crippen LogP) is 11.0. The number of H-pyrrole nitrogens is 2. The average Bonchev–Trinajstić information content (AvgIpc) is 4.20. The van der Waals surface area contributed by atoms with Crippen LogP contribution in [0, 0.1) is 3.57 Å². The minimum absolute atomic E-state index is 0. The molecule has 0 unspecified atom stereocenters. The number of fused-ring (bicyclic) bond motifs is 6. The fourth-order valence-electron chi connectivity index (χ4n) is 5.95. The van der Waals surface area contributed by atoms with E-state index in [-0.39, 0.29) is 13.4 Å². The molecule has 0 saturated heterocycles. The van der Waals surface area contributed by atoms with Crippen molar-refractivity contribution in [1.82, 2.24) is 29.9 Å². The molecular formula is C53H38BIN6O7S2. The van der Waals surface area contributed by atoms with E-state index in [1.54, 1.807) is 62.3 Å². The van der Waals surface area contributed by atoms with E-state index in [1.807, 2.05) is 41.9 Å². The predicted molar refractivity (Wildman–Crippen MR) is 281 cm³/mol. The number of halogens is 1. The topological polar surface area (TPSA) is 171 Å². The van der Waals surface area contributed by atoms with Crippen molar-refractivity contribution < 1.29 is 33.2 Å². The third kappa shape index (κ3) is 14.0. The molecule has 2 aromatic carbocycles. The normalized spacial score (nSPS) is 8.93. The zero-order valence-electron chi connectivity index (χ0n) is 37.2. The fourth-order valence-corrected chi connectivity index (χ4v) is 8.73. The van der Waals surface area contributed by atoms with Crippen LogP contribution in [-0.4, -0.2) is 76.4 Å². The van der Waals surface area contributed by atoms with Crippen LogP contribution in [0.15, 0.2) is 165 Å². The van der Waals surface area contributed by atoms with Gasteiger partial charge >= 0.3 is 70.3 Å². The molecule has 13 nitrogen and oxygen atoms in total. The quantitative estimate of drug-likeness (QED) is 0.0642. The average molecular weight is 1070 g/mol. The Morgan fingerprint density at radius 2 is 1.10 bits per heavy atom. The molecule has 6 heterocycles. The molecule has 0 aliphatic carbocycles. The Bertz CT molecular complexity index is 3710. The Morgan fingerprint density at radius 1 is 0.643 bits per heavy atom. The number of benzene rings is 2. The van der Waals surface area contributed by atoms with Gasteiger partial charge in [-0.1, -0.05) is 18.9 Å². The van der Waals surface area contributed by atoms with Crippen LogP contribution in [0.1, 0.15) is 42.3 Å². The van der Waals surface area contributed by atoms with Crippen LogP contribution >= 0.6 is 45.3 Å². The van der Waals surface area contributed by atoms with Crippen LogP contribution in [0.5, 0.6) is 11.8 Å². The van der Waals surface area contributed by atoms with Gasteiger partial charge < -0.3 is 24.2 Å². The van der Waals surface area contributed by atoms with E-state index < -0.39 is 5.97 Å². The Morgan fingerprint density at radius 3 is 1.59 bits per heavy atom. The second kappa shape index (κ2) is 28.5. The van der Waals surface area contributed by atoms with E-state index >= 15 is 0 Å². The summed E-state index contributed by atoms with van der Waals surface area (Å²) in [5.41, 5.74) is 44.5. The number of hydrogen-bond donors (Lipinski definition) is 2. The summed E-state index contributed by atoms with van der Waals surface area (Å²) in [4.78, 5) is 47.5. The minimum atomic E-state index is -0.405. The van der Waals surface area contributed by atoms with Crippen molar-refractivity contribution in [3.63, 3.8) is 0 Å². The van der Waals surface area contributed by atoms with Crippen LogP contribution in [0.3, 0.4) is 0 Å². The van der Waals surface area contributed by atoms with Crippen molar-refractivity contribution in [2.45, 2.75) is 21.3 Å². The zero-order chi connectivity index (χ0) is 49.4. The SMILES string of the molecule is C.C=C=C=C=C=C=C=C=C=C=C=C=C=C=C=C.CCOC(=O)c1[nH]c2ccc3ncsc3c2c1-c1cccnc1OC.CCOC(=O)c1[nH]c2ccc3ncsc3c2c1I.COc1ncccc1B=O. The van der Waals surface area contributed by atoms with Gasteiger partial charge in [0.05, 0.1) is 55.3 Å². The number of ether oxygens (including phenoxy) is 4. The number of methoxy groups -OCH3 is 2. The van der Waals surface area contributed by atoms with Crippen molar-refractivity contribution in [2.24, 2.45) is 0 Å². The number of carbonyl (C=O) groups excluding carboxylic acids is 2. The van der Waals surface area contributed by atoms with Gasteiger partial charge in [0, 0.05) is 39.1 Å². The first-order valence-electron chi connectivity index (χ1n) is 20.0. The summed E-state index contributed by atoms with van der Waals surface area (Å²) in [5, 5.41) is 1.98. The van der Waals surface area contributed by atoms with Crippen LogP contribution in [-0.2, 0) is 14.2 Å². The van der Waals surface area contributed by atoms with Gasteiger partial charge in [-0.2, -0.15) is 0 Å². The van der Waals surface area contributed by atoms with E-state index in [0.29, 0.717) is 49.0 Å². The first kappa shape index (κ1) is 54.0. The maximum absolute atomic E-state index is 12.6. The van der Waals surface area contributed by atoms with Gasteiger partial charge in [0.15, 0.2) is 0 Å². The molecule has 8 aromatic rings. The third-order valence-corrected chi connectivity index (χ3v) is 11.4. The number of esters is 2. The molecule has 6 aromatic heterocycles. The van der Waals surface area contributed by atoms with Gasteiger partial charge in [0.25, 0.3) is 0 Å². The van der Waals surface area contributed by atoms with Gasteiger partial charge in [-0.05, 0) is 155 Å². The van der Waals surface area contributed by atoms with Gasteiger partial charge in [0.1, 0.15) is 11.4 Å². The summed E-state index contributed by atoms with van der Waals surface area (Å²) in [6.45, 7) is 10.8. The van der Waals surface area contributed by atoms with Crippen molar-refractivity contribution in [2.75, 3.05) is 27.4 Å². The van der Waals surface area contributed by atoms with Gasteiger partial charge in [-0.15, -0.1) is 22.7 Å². The van der Waals surface area contributed by atoms with Crippen molar-refractivity contribution in [3.05, 3.63) is 180 Å². The van der Waals surface area contributed by atoms with Crippen LogP contribution in [0.25, 0.3) is 53.4 Å². The van der Waals surface area contributed by atoms with Crippen LogP contribution in [0.2, 0.25) is 0 Å². The van der Waals surface area contributed by atoms with E-state index in [4.69, 9.17) is 18.9 Å². The maximum atomic E-state index is 12.6. The summed E-state index contributed by atoms with van der Waals surface area (Å²) in [6, 6.07) is 14.8. The molecule has 0 amide bonds. The van der Waals surface area contributed by atoms with E-state index in [1.165, 1.54) is 18.4 Å². The standard InChI is InChI=1S/C18H15N3O3S.C16H4.C12H9IN2O2S.C6H6BNO2.CH4/c1-3-24-18(22)15-13(10-5-4-8-19-17(10)23-2)14-11(21-15)6-7-12-16(14)25-9-20-12;1-3-5-7-9-11-13-15-16-14-12-10-8-6-4-2;1-2-17-12(16)10-9(13)8-6(15-10)3-4-7-11(8)18-5-14-7;1-10-6-5(7-9)3-2-4-8-6;/h4-9,21H,3H2,1-2H3;1-2H2;3-5,15H,2H2,1H3;2-4H,1H3;1H4. The molecule has 0 aliphatic rings. The second-order valence-corrected chi connectivity index (χ2v) is 15.4. The third-order valence-electron chi connectivity index (χ3n) is 8.63. The molecule has 0 saturated carbocycles. The summed E-state index contributed by atoms with van der Waals surface area (Å²) in [6.07, 6.45) is 3.23. The molecule has 2 N–H and O–H groups in total. The number of carbonyl (C=O) groups is 2. The summed E-state index contributed by atoms with van der Waals surface area (Å²) >= 11 is 5.30. The molecule has 17 heteroatoms. The zero-order valence-corrected chi connectivity index (χ0v) is 41.0. The molecule has 344 valence electrons. The first-order valence-corrected chi connectivity index (χ1v) is 22.8. The van der Waals surface area contributed by atoms with E-state index in [0.717, 1.165) is 56.9 Å². The monoisotopic (exact) mass is 1070 g/mol. The number of aromatic amines is 2. The Labute approximate surface area is 424 Å². The van der Waals surface area contributed by atoms with Crippen molar-refractivity contribution in [1.29, 1.82) is 0 Å². The Kier molecular flexibility index (Phi) is 22.0. The molecule has 0 fully saturated rings. The van der Waals surface area contributed by atoms with Crippen LogP contribution < -0.4 is 14.9 Å². The first-order chi connectivity index (χ1) is 33.8. The number of aromatic nitrogens is 6. The molecule has 0 atom stereocenters. The molecule has 0 spiro atoms.